The van der Waals surface area contributed by atoms with Gasteiger partial charge in [-0.1, -0.05) is 35.3 Å². The Bertz CT molecular complexity index is 657. The maximum atomic E-state index is 5.99. The summed E-state index contributed by atoms with van der Waals surface area (Å²) in [5.74, 6) is 0.869. The second-order valence-corrected chi connectivity index (χ2v) is 6.28. The first-order chi connectivity index (χ1) is 11.0. The van der Waals surface area contributed by atoms with E-state index in [1.165, 1.54) is 0 Å². The van der Waals surface area contributed by atoms with Crippen LogP contribution >= 0.6 is 35.4 Å². The van der Waals surface area contributed by atoms with Crippen LogP contribution in [-0.2, 0) is 6.54 Å². The third kappa shape index (κ3) is 5.57. The number of hydrogen-bond donors (Lipinski definition) is 1. The first-order valence-corrected chi connectivity index (χ1v) is 8.34. The molecule has 0 unspecified atom stereocenters. The number of ether oxygens (including phenoxy) is 1. The summed E-state index contributed by atoms with van der Waals surface area (Å²) < 4.78 is 5.44. The number of anilines is 1. The van der Waals surface area contributed by atoms with Gasteiger partial charge >= 0.3 is 0 Å². The average molecular weight is 369 g/mol. The van der Waals surface area contributed by atoms with Gasteiger partial charge in [-0.05, 0) is 55.0 Å². The van der Waals surface area contributed by atoms with Gasteiger partial charge in [0.15, 0.2) is 5.11 Å². The Hall–Kier alpha value is -1.49. The van der Waals surface area contributed by atoms with Crippen LogP contribution in [0.1, 0.15) is 12.5 Å². The molecule has 0 amide bonds. The van der Waals surface area contributed by atoms with Crippen LogP contribution in [0.2, 0.25) is 10.0 Å². The maximum absolute atomic E-state index is 5.99. The van der Waals surface area contributed by atoms with Gasteiger partial charge < -0.3 is 15.0 Å². The molecule has 6 heteroatoms. The third-order valence-electron chi connectivity index (χ3n) is 3.11. The molecule has 0 fully saturated rings. The predicted octanol–water partition coefficient (Wildman–Crippen LogP) is 5.22. The van der Waals surface area contributed by atoms with E-state index in [2.05, 4.69) is 5.32 Å². The molecule has 0 atom stereocenters. The summed E-state index contributed by atoms with van der Waals surface area (Å²) in [6.45, 7) is 3.32. The Balaban J connectivity index is 1.96. The first kappa shape index (κ1) is 17.9. The van der Waals surface area contributed by atoms with Crippen LogP contribution in [-0.4, -0.2) is 23.7 Å². The lowest BCUT2D eigenvalue weighted by Gasteiger charge is -2.21. The van der Waals surface area contributed by atoms with Crippen LogP contribution in [0, 0.1) is 0 Å². The zero-order valence-electron chi connectivity index (χ0n) is 13.0. The zero-order chi connectivity index (χ0) is 16.8. The summed E-state index contributed by atoms with van der Waals surface area (Å²) in [4.78, 5) is 1.94. The number of halogens is 2. The molecule has 0 saturated carbocycles. The van der Waals surface area contributed by atoms with Crippen LogP contribution in [0.4, 0.5) is 5.69 Å². The van der Waals surface area contributed by atoms with E-state index >= 15 is 0 Å². The van der Waals surface area contributed by atoms with Crippen molar-refractivity contribution in [2.75, 3.05) is 19.0 Å². The fourth-order valence-electron chi connectivity index (χ4n) is 2.05. The Morgan fingerprint density at radius 1 is 1.13 bits per heavy atom. The van der Waals surface area contributed by atoms with Crippen molar-refractivity contribution < 1.29 is 4.74 Å². The maximum Gasteiger partial charge on any atom is 0.173 e. The monoisotopic (exact) mass is 368 g/mol. The SMILES string of the molecule is CCOc1ccc(CN(C)C(=S)Nc2cc(Cl)cc(Cl)c2)cc1. The normalized spacial score (nSPS) is 10.3. The number of thiocarbonyl (C=S) groups is 1. The van der Waals surface area contributed by atoms with Crippen LogP contribution in [0.3, 0.4) is 0 Å². The topological polar surface area (TPSA) is 24.5 Å². The molecule has 0 radical (unpaired) electrons. The highest BCUT2D eigenvalue weighted by atomic mass is 35.5. The van der Waals surface area contributed by atoms with Gasteiger partial charge in [-0.3, -0.25) is 0 Å². The smallest absolute Gasteiger partial charge is 0.173 e. The quantitative estimate of drug-likeness (QED) is 0.731. The molecule has 0 aliphatic carbocycles. The molecule has 3 nitrogen and oxygen atoms in total. The van der Waals surface area contributed by atoms with Crippen molar-refractivity contribution in [3.63, 3.8) is 0 Å². The molecule has 0 aliphatic heterocycles. The molecule has 2 aromatic carbocycles. The fourth-order valence-corrected chi connectivity index (χ4v) is 2.76. The van der Waals surface area contributed by atoms with Crippen molar-refractivity contribution in [1.29, 1.82) is 0 Å². The fraction of sp³-hybridized carbons (Fsp3) is 0.235. The second-order valence-electron chi connectivity index (χ2n) is 5.02. The molecule has 1 N–H and O–H groups in total. The lowest BCUT2D eigenvalue weighted by Crippen LogP contribution is -2.30. The Kier molecular flexibility index (Phi) is 6.51. The molecular formula is C17H18Cl2N2OS. The first-order valence-electron chi connectivity index (χ1n) is 7.18. The number of nitrogens with zero attached hydrogens (tertiary/aromatic N) is 1. The van der Waals surface area contributed by atoms with Crippen LogP contribution < -0.4 is 10.1 Å². The van der Waals surface area contributed by atoms with E-state index in [0.717, 1.165) is 17.0 Å². The van der Waals surface area contributed by atoms with Crippen molar-refractivity contribution >= 4 is 46.2 Å². The minimum Gasteiger partial charge on any atom is -0.494 e. The van der Waals surface area contributed by atoms with Gasteiger partial charge in [-0.15, -0.1) is 0 Å². The summed E-state index contributed by atoms with van der Waals surface area (Å²) in [5, 5.41) is 4.87. The minimum atomic E-state index is 0.567. The van der Waals surface area contributed by atoms with Crippen molar-refractivity contribution in [2.45, 2.75) is 13.5 Å². The van der Waals surface area contributed by atoms with E-state index in [4.69, 9.17) is 40.2 Å². The third-order valence-corrected chi connectivity index (χ3v) is 3.96. The standard InChI is InChI=1S/C17H18Cl2N2OS/c1-3-22-16-6-4-12(5-7-16)11-21(2)17(23)20-15-9-13(18)8-14(19)10-15/h4-10H,3,11H2,1-2H3,(H,20,23). The Morgan fingerprint density at radius 2 is 1.74 bits per heavy atom. The molecule has 23 heavy (non-hydrogen) atoms. The number of benzene rings is 2. The summed E-state index contributed by atoms with van der Waals surface area (Å²) in [7, 11) is 1.93. The summed E-state index contributed by atoms with van der Waals surface area (Å²) >= 11 is 17.4. The average Bonchev–Trinajstić information content (AvgIpc) is 2.48. The van der Waals surface area contributed by atoms with Crippen molar-refractivity contribution in [2.24, 2.45) is 0 Å². The van der Waals surface area contributed by atoms with E-state index < -0.39 is 0 Å². The Morgan fingerprint density at radius 3 is 2.30 bits per heavy atom. The summed E-state index contributed by atoms with van der Waals surface area (Å²) in [5.41, 5.74) is 1.91. The molecule has 0 spiro atoms. The van der Waals surface area contributed by atoms with Crippen molar-refractivity contribution in [1.82, 2.24) is 4.90 Å². The molecule has 0 aliphatic rings. The second kappa shape index (κ2) is 8.39. The van der Waals surface area contributed by atoms with E-state index in [1.54, 1.807) is 18.2 Å². The van der Waals surface area contributed by atoms with Gasteiger partial charge in [-0.2, -0.15) is 0 Å². The van der Waals surface area contributed by atoms with Gasteiger partial charge in [0.2, 0.25) is 0 Å². The van der Waals surface area contributed by atoms with Crippen molar-refractivity contribution in [3.8, 4) is 5.75 Å². The molecule has 0 heterocycles. The zero-order valence-corrected chi connectivity index (χ0v) is 15.3. The summed E-state index contributed by atoms with van der Waals surface area (Å²) in [6.07, 6.45) is 0. The van der Waals surface area contributed by atoms with Crippen LogP contribution in [0.25, 0.3) is 0 Å². The minimum absolute atomic E-state index is 0.567. The molecule has 2 aromatic rings. The van der Waals surface area contributed by atoms with E-state index in [-0.39, 0.29) is 0 Å². The molecular weight excluding hydrogens is 351 g/mol. The molecule has 0 aromatic heterocycles. The van der Waals surface area contributed by atoms with E-state index in [0.29, 0.717) is 28.3 Å². The van der Waals surface area contributed by atoms with Crippen LogP contribution in [0.15, 0.2) is 42.5 Å². The van der Waals surface area contributed by atoms with E-state index in [1.807, 2.05) is 43.1 Å². The highest BCUT2D eigenvalue weighted by Gasteiger charge is 2.07. The Labute approximate surface area is 152 Å². The molecule has 122 valence electrons. The molecule has 0 saturated heterocycles. The van der Waals surface area contributed by atoms with Gasteiger partial charge in [0.1, 0.15) is 5.75 Å². The number of hydrogen-bond acceptors (Lipinski definition) is 2. The van der Waals surface area contributed by atoms with Gasteiger partial charge in [0, 0.05) is 29.3 Å². The highest BCUT2D eigenvalue weighted by molar-refractivity contribution is 7.80. The van der Waals surface area contributed by atoms with Gasteiger partial charge in [0.25, 0.3) is 0 Å². The summed E-state index contributed by atoms with van der Waals surface area (Å²) in [6, 6.07) is 13.2. The number of rotatable bonds is 5. The number of nitrogens with one attached hydrogen (secondary N) is 1. The van der Waals surface area contributed by atoms with Gasteiger partial charge in [-0.25, -0.2) is 0 Å². The van der Waals surface area contributed by atoms with Crippen molar-refractivity contribution in [3.05, 3.63) is 58.1 Å². The predicted molar refractivity (Wildman–Crippen MR) is 102 cm³/mol. The lowest BCUT2D eigenvalue weighted by molar-refractivity contribution is 0.340. The van der Waals surface area contributed by atoms with E-state index in [9.17, 15) is 0 Å². The largest absolute Gasteiger partial charge is 0.494 e. The van der Waals surface area contributed by atoms with Gasteiger partial charge in [0.05, 0.1) is 6.61 Å². The van der Waals surface area contributed by atoms with Crippen LogP contribution in [0.5, 0.6) is 5.75 Å². The molecule has 2 rings (SSSR count). The molecule has 0 bridgehead atoms. The highest BCUT2D eigenvalue weighted by Crippen LogP contribution is 2.23. The lowest BCUT2D eigenvalue weighted by atomic mass is 10.2.